The van der Waals surface area contributed by atoms with Crippen LogP contribution in [0.5, 0.6) is 11.5 Å². The molecule has 0 radical (unpaired) electrons. The third-order valence-electron chi connectivity index (χ3n) is 3.13. The lowest BCUT2D eigenvalue weighted by Crippen LogP contribution is -2.32. The lowest BCUT2D eigenvalue weighted by atomic mass is 9.82. The van der Waals surface area contributed by atoms with Crippen molar-refractivity contribution < 1.29 is 24.1 Å². The summed E-state index contributed by atoms with van der Waals surface area (Å²) in [6, 6.07) is 5.04. The lowest BCUT2D eigenvalue weighted by molar-refractivity contribution is -0.157. The molecule has 5 heteroatoms. The van der Waals surface area contributed by atoms with Gasteiger partial charge < -0.3 is 19.3 Å². The molecule has 0 aliphatic carbocycles. The Morgan fingerprint density at radius 1 is 1.21 bits per heavy atom. The van der Waals surface area contributed by atoms with Crippen LogP contribution in [-0.4, -0.2) is 32.4 Å². The molecule has 0 amide bonds. The van der Waals surface area contributed by atoms with Gasteiger partial charge in [-0.15, -0.1) is 0 Å². The zero-order chi connectivity index (χ0) is 14.6. The fraction of sp³-hybridized carbons (Fsp3) is 0.500. The summed E-state index contributed by atoms with van der Waals surface area (Å²) < 4.78 is 15.0. The number of carbonyl (C=O) groups is 1. The highest BCUT2D eigenvalue weighted by Gasteiger charge is 2.39. The molecule has 1 N–H and O–H groups in total. The number of aliphatic hydroxyl groups excluding tert-OH is 1. The van der Waals surface area contributed by atoms with Gasteiger partial charge in [-0.3, -0.25) is 4.79 Å². The van der Waals surface area contributed by atoms with Gasteiger partial charge in [0.05, 0.1) is 32.8 Å². The van der Waals surface area contributed by atoms with Crippen molar-refractivity contribution in [1.29, 1.82) is 0 Å². The van der Waals surface area contributed by atoms with E-state index >= 15 is 0 Å². The predicted molar refractivity (Wildman–Crippen MR) is 70.3 cm³/mol. The highest BCUT2D eigenvalue weighted by Crippen LogP contribution is 2.39. The summed E-state index contributed by atoms with van der Waals surface area (Å²) in [6.45, 7) is 3.24. The van der Waals surface area contributed by atoms with Crippen LogP contribution in [0.1, 0.15) is 25.5 Å². The third kappa shape index (κ3) is 2.98. The van der Waals surface area contributed by atoms with E-state index in [1.807, 2.05) is 0 Å². The first kappa shape index (κ1) is 15.3. The molecule has 0 spiro atoms. The number of ether oxygens (including phenoxy) is 3. The molecule has 1 aromatic carbocycles. The first-order chi connectivity index (χ1) is 8.88. The van der Waals surface area contributed by atoms with Gasteiger partial charge in [-0.25, -0.2) is 0 Å². The molecule has 106 valence electrons. The van der Waals surface area contributed by atoms with E-state index in [2.05, 4.69) is 0 Å². The van der Waals surface area contributed by atoms with Crippen molar-refractivity contribution in [3.63, 3.8) is 0 Å². The number of methoxy groups -OCH3 is 3. The molecule has 1 aromatic rings. The second-order valence-corrected chi connectivity index (χ2v) is 4.72. The minimum atomic E-state index is -1.07. The summed E-state index contributed by atoms with van der Waals surface area (Å²) in [5.74, 6) is 0.588. The van der Waals surface area contributed by atoms with E-state index in [4.69, 9.17) is 14.2 Å². The first-order valence-corrected chi connectivity index (χ1v) is 5.86. The summed E-state index contributed by atoms with van der Waals surface area (Å²) >= 11 is 0. The molecule has 0 saturated heterocycles. The van der Waals surface area contributed by atoms with Gasteiger partial charge in [-0.05, 0) is 26.0 Å². The van der Waals surface area contributed by atoms with Crippen LogP contribution in [0.15, 0.2) is 18.2 Å². The van der Waals surface area contributed by atoms with Crippen LogP contribution in [0.2, 0.25) is 0 Å². The smallest absolute Gasteiger partial charge is 0.314 e. The van der Waals surface area contributed by atoms with Crippen molar-refractivity contribution in [1.82, 2.24) is 0 Å². The van der Waals surface area contributed by atoms with Crippen LogP contribution in [-0.2, 0) is 9.53 Å². The quantitative estimate of drug-likeness (QED) is 0.827. The van der Waals surface area contributed by atoms with Crippen LogP contribution in [0.25, 0.3) is 0 Å². The number of carbonyl (C=O) groups excluding carboxylic acids is 1. The summed E-state index contributed by atoms with van der Waals surface area (Å²) in [7, 11) is 4.33. The summed E-state index contributed by atoms with van der Waals surface area (Å²) in [5, 5.41) is 10.4. The van der Waals surface area contributed by atoms with E-state index in [1.165, 1.54) is 14.2 Å². The number of hydrogen-bond donors (Lipinski definition) is 1. The Balaban J connectivity index is 3.18. The van der Waals surface area contributed by atoms with Crippen molar-refractivity contribution >= 4 is 5.97 Å². The van der Waals surface area contributed by atoms with Gasteiger partial charge in [-0.2, -0.15) is 0 Å². The SMILES string of the molecule is COC(=O)C(C)(C)C(O)c1ccc(OC)cc1OC. The lowest BCUT2D eigenvalue weighted by Gasteiger charge is -2.28. The molecule has 5 nitrogen and oxygen atoms in total. The average Bonchev–Trinajstić information content (AvgIpc) is 2.44. The van der Waals surface area contributed by atoms with Gasteiger partial charge in [0.15, 0.2) is 0 Å². The van der Waals surface area contributed by atoms with Crippen LogP contribution < -0.4 is 9.47 Å². The van der Waals surface area contributed by atoms with Crippen molar-refractivity contribution in [2.24, 2.45) is 5.41 Å². The standard InChI is InChI=1S/C14H20O5/c1-14(2,13(16)19-5)12(15)10-7-6-9(17-3)8-11(10)18-4/h6-8,12,15H,1-5H3. The molecule has 0 bridgehead atoms. The van der Waals surface area contributed by atoms with Crippen LogP contribution in [0.4, 0.5) is 0 Å². The molecule has 0 heterocycles. The number of hydrogen-bond acceptors (Lipinski definition) is 5. The van der Waals surface area contributed by atoms with Gasteiger partial charge in [-0.1, -0.05) is 0 Å². The molecule has 0 saturated carbocycles. The Morgan fingerprint density at radius 2 is 1.84 bits per heavy atom. The Labute approximate surface area is 113 Å². The minimum Gasteiger partial charge on any atom is -0.497 e. The molecular weight excluding hydrogens is 248 g/mol. The van der Waals surface area contributed by atoms with Crippen molar-refractivity contribution in [2.45, 2.75) is 20.0 Å². The number of rotatable bonds is 5. The number of benzene rings is 1. The van der Waals surface area contributed by atoms with E-state index < -0.39 is 17.5 Å². The highest BCUT2D eigenvalue weighted by molar-refractivity contribution is 5.77. The van der Waals surface area contributed by atoms with Crippen LogP contribution in [0, 0.1) is 5.41 Å². The first-order valence-electron chi connectivity index (χ1n) is 5.86. The van der Waals surface area contributed by atoms with Gasteiger partial charge in [0.2, 0.25) is 0 Å². The molecule has 1 rings (SSSR count). The van der Waals surface area contributed by atoms with Gasteiger partial charge in [0.25, 0.3) is 0 Å². The average molecular weight is 268 g/mol. The van der Waals surface area contributed by atoms with Gasteiger partial charge >= 0.3 is 5.97 Å². The Bertz CT molecular complexity index is 453. The predicted octanol–water partition coefficient (Wildman–Crippen LogP) is 1.94. The largest absolute Gasteiger partial charge is 0.497 e. The fourth-order valence-electron chi connectivity index (χ4n) is 1.81. The fourth-order valence-corrected chi connectivity index (χ4v) is 1.81. The molecule has 0 aromatic heterocycles. The summed E-state index contributed by atoms with van der Waals surface area (Å²) in [4.78, 5) is 11.7. The molecule has 0 aliphatic heterocycles. The molecule has 0 fully saturated rings. The second-order valence-electron chi connectivity index (χ2n) is 4.72. The number of esters is 1. The number of aliphatic hydroxyl groups is 1. The van der Waals surface area contributed by atoms with E-state index in [9.17, 15) is 9.90 Å². The van der Waals surface area contributed by atoms with Crippen LogP contribution in [0.3, 0.4) is 0 Å². The van der Waals surface area contributed by atoms with E-state index in [1.54, 1.807) is 39.2 Å². The maximum atomic E-state index is 11.7. The van der Waals surface area contributed by atoms with Crippen LogP contribution >= 0.6 is 0 Å². The Hall–Kier alpha value is -1.75. The van der Waals surface area contributed by atoms with Crippen molar-refractivity contribution in [3.05, 3.63) is 23.8 Å². The van der Waals surface area contributed by atoms with Gasteiger partial charge in [0, 0.05) is 11.6 Å². The van der Waals surface area contributed by atoms with Crippen molar-refractivity contribution in [3.8, 4) is 11.5 Å². The van der Waals surface area contributed by atoms with Crippen molar-refractivity contribution in [2.75, 3.05) is 21.3 Å². The molecule has 0 aliphatic rings. The summed E-state index contributed by atoms with van der Waals surface area (Å²) in [5.41, 5.74) is -0.560. The maximum Gasteiger partial charge on any atom is 0.314 e. The maximum absolute atomic E-state index is 11.7. The van der Waals surface area contributed by atoms with Gasteiger partial charge in [0.1, 0.15) is 11.5 Å². The van der Waals surface area contributed by atoms with E-state index in [0.717, 1.165) is 0 Å². The highest BCUT2D eigenvalue weighted by atomic mass is 16.5. The molecular formula is C14H20O5. The minimum absolute atomic E-state index is 0.462. The third-order valence-corrected chi connectivity index (χ3v) is 3.13. The topological polar surface area (TPSA) is 65.0 Å². The zero-order valence-electron chi connectivity index (χ0n) is 11.9. The Morgan fingerprint density at radius 3 is 2.32 bits per heavy atom. The normalized spacial score (nSPS) is 12.7. The molecule has 19 heavy (non-hydrogen) atoms. The van der Waals surface area contributed by atoms with E-state index in [-0.39, 0.29) is 0 Å². The monoisotopic (exact) mass is 268 g/mol. The Kier molecular flexibility index (Phi) is 4.78. The molecule has 1 unspecified atom stereocenters. The van der Waals surface area contributed by atoms with E-state index in [0.29, 0.717) is 17.1 Å². The second kappa shape index (κ2) is 5.93. The summed E-state index contributed by atoms with van der Waals surface area (Å²) in [6.07, 6.45) is -1.04. The molecule has 1 atom stereocenters. The zero-order valence-corrected chi connectivity index (χ0v) is 11.9.